The first-order chi connectivity index (χ1) is 7.47. The van der Waals surface area contributed by atoms with Gasteiger partial charge in [-0.05, 0) is 37.6 Å². The van der Waals surface area contributed by atoms with E-state index in [0.717, 1.165) is 5.56 Å². The first kappa shape index (κ1) is 10.5. The van der Waals surface area contributed by atoms with E-state index >= 15 is 0 Å². The molecule has 0 aromatic heterocycles. The van der Waals surface area contributed by atoms with Gasteiger partial charge in [-0.1, -0.05) is 12.1 Å². The maximum atomic E-state index is 11.0. The van der Waals surface area contributed by atoms with E-state index in [9.17, 15) is 4.79 Å². The van der Waals surface area contributed by atoms with Crippen LogP contribution in [0.4, 0.5) is 4.79 Å². The summed E-state index contributed by atoms with van der Waals surface area (Å²) in [5.74, 6) is 0.657. The molecule has 0 unspecified atom stereocenters. The van der Waals surface area contributed by atoms with E-state index in [0.29, 0.717) is 5.76 Å². The number of hydrogen-bond donors (Lipinski definition) is 1. The molecule has 1 heterocycles. The smallest absolute Gasteiger partial charge is 0.508 e. The average molecular weight is 220 g/mol. The maximum Gasteiger partial charge on any atom is 0.514 e. The number of carbonyl (C=O) groups is 1. The molecule has 2 rings (SSSR count). The third-order valence-electron chi connectivity index (χ3n) is 2.32. The van der Waals surface area contributed by atoms with Crippen molar-refractivity contribution < 1.29 is 19.4 Å². The van der Waals surface area contributed by atoms with Crippen LogP contribution in [-0.2, 0) is 9.47 Å². The number of aromatic hydroxyl groups is 1. The molecule has 1 aliphatic heterocycles. The predicted molar refractivity (Wildman–Crippen MR) is 57.7 cm³/mol. The number of phenols is 1. The Morgan fingerprint density at radius 3 is 2.38 bits per heavy atom. The lowest BCUT2D eigenvalue weighted by molar-refractivity contribution is 0.0873. The van der Waals surface area contributed by atoms with Crippen molar-refractivity contribution in [3.8, 4) is 5.75 Å². The topological polar surface area (TPSA) is 55.8 Å². The molecule has 1 fully saturated rings. The highest BCUT2D eigenvalue weighted by molar-refractivity contribution is 5.69. The largest absolute Gasteiger partial charge is 0.514 e. The molecule has 1 saturated heterocycles. The lowest BCUT2D eigenvalue weighted by Gasteiger charge is -2.13. The Hall–Kier alpha value is -1.97. The molecular formula is C12H12O4. The Balaban J connectivity index is 2.31. The van der Waals surface area contributed by atoms with E-state index in [1.807, 2.05) is 0 Å². The van der Waals surface area contributed by atoms with Crippen molar-refractivity contribution in [1.29, 1.82) is 0 Å². The number of benzene rings is 1. The van der Waals surface area contributed by atoms with Gasteiger partial charge in [0.25, 0.3) is 0 Å². The highest BCUT2D eigenvalue weighted by Gasteiger charge is 2.38. The summed E-state index contributed by atoms with van der Waals surface area (Å²) in [6.07, 6.45) is 1.03. The molecule has 0 saturated carbocycles. The van der Waals surface area contributed by atoms with Crippen LogP contribution in [0.1, 0.15) is 19.4 Å². The van der Waals surface area contributed by atoms with E-state index in [1.165, 1.54) is 0 Å². The predicted octanol–water partition coefficient (Wildman–Crippen LogP) is 2.68. The lowest BCUT2D eigenvalue weighted by atomic mass is 10.0. The Bertz CT molecular complexity index is 443. The van der Waals surface area contributed by atoms with Gasteiger partial charge in [0, 0.05) is 0 Å². The normalized spacial score (nSPS) is 20.6. The molecule has 1 N–H and O–H groups in total. The number of phenolic OH excluding ortho intramolecular Hbond substituents is 1. The van der Waals surface area contributed by atoms with E-state index in [2.05, 4.69) is 0 Å². The zero-order valence-corrected chi connectivity index (χ0v) is 9.06. The number of cyclic esters (lactones) is 2. The maximum absolute atomic E-state index is 11.0. The fourth-order valence-corrected chi connectivity index (χ4v) is 1.42. The van der Waals surface area contributed by atoms with E-state index in [-0.39, 0.29) is 5.75 Å². The van der Waals surface area contributed by atoms with Crippen LogP contribution in [0.25, 0.3) is 6.08 Å². The fourth-order valence-electron chi connectivity index (χ4n) is 1.42. The Kier molecular flexibility index (Phi) is 2.34. The molecule has 84 valence electrons. The summed E-state index contributed by atoms with van der Waals surface area (Å²) in [7, 11) is 0. The molecule has 0 atom stereocenters. The van der Waals surface area contributed by atoms with E-state index < -0.39 is 11.8 Å². The average Bonchev–Trinajstić information content (AvgIpc) is 2.43. The summed E-state index contributed by atoms with van der Waals surface area (Å²) >= 11 is 0. The second-order valence-electron chi connectivity index (χ2n) is 4.06. The minimum absolute atomic E-state index is 0.195. The second kappa shape index (κ2) is 3.56. The number of hydrogen-bond acceptors (Lipinski definition) is 4. The van der Waals surface area contributed by atoms with Crippen molar-refractivity contribution >= 4 is 12.2 Å². The van der Waals surface area contributed by atoms with Gasteiger partial charge in [-0.2, -0.15) is 0 Å². The molecular weight excluding hydrogens is 208 g/mol. The van der Waals surface area contributed by atoms with Crippen molar-refractivity contribution in [3.63, 3.8) is 0 Å². The zero-order valence-electron chi connectivity index (χ0n) is 9.06. The third-order valence-corrected chi connectivity index (χ3v) is 2.32. The van der Waals surface area contributed by atoms with Crippen LogP contribution in [-0.4, -0.2) is 16.9 Å². The van der Waals surface area contributed by atoms with E-state index in [4.69, 9.17) is 14.6 Å². The van der Waals surface area contributed by atoms with Gasteiger partial charge < -0.3 is 14.6 Å². The second-order valence-corrected chi connectivity index (χ2v) is 4.06. The zero-order chi connectivity index (χ0) is 11.8. The Morgan fingerprint density at radius 2 is 1.88 bits per heavy atom. The molecule has 16 heavy (non-hydrogen) atoms. The highest BCUT2D eigenvalue weighted by Crippen LogP contribution is 2.31. The van der Waals surface area contributed by atoms with Crippen LogP contribution >= 0.6 is 0 Å². The van der Waals surface area contributed by atoms with Crippen molar-refractivity contribution in [1.82, 2.24) is 0 Å². The Labute approximate surface area is 93.1 Å². The van der Waals surface area contributed by atoms with Gasteiger partial charge in [0.1, 0.15) is 5.75 Å². The van der Waals surface area contributed by atoms with Gasteiger partial charge in [0.15, 0.2) is 11.4 Å². The van der Waals surface area contributed by atoms with Crippen LogP contribution in [0.3, 0.4) is 0 Å². The van der Waals surface area contributed by atoms with Gasteiger partial charge in [-0.3, -0.25) is 0 Å². The first-order valence-corrected chi connectivity index (χ1v) is 4.89. The molecule has 0 amide bonds. The fraction of sp³-hybridized carbons (Fsp3) is 0.250. The van der Waals surface area contributed by atoms with Crippen molar-refractivity contribution in [2.75, 3.05) is 0 Å². The first-order valence-electron chi connectivity index (χ1n) is 4.89. The van der Waals surface area contributed by atoms with Crippen LogP contribution < -0.4 is 0 Å². The minimum Gasteiger partial charge on any atom is -0.508 e. The number of ether oxygens (including phenoxy) is 2. The number of rotatable bonds is 1. The van der Waals surface area contributed by atoms with Gasteiger partial charge in [0.2, 0.25) is 0 Å². The van der Waals surface area contributed by atoms with Crippen molar-refractivity contribution in [3.05, 3.63) is 35.6 Å². The van der Waals surface area contributed by atoms with E-state index in [1.54, 1.807) is 44.2 Å². The molecule has 1 aromatic carbocycles. The van der Waals surface area contributed by atoms with Crippen LogP contribution in [0.15, 0.2) is 30.0 Å². The van der Waals surface area contributed by atoms with Gasteiger partial charge >= 0.3 is 6.16 Å². The Morgan fingerprint density at radius 1 is 1.25 bits per heavy atom. The van der Waals surface area contributed by atoms with Gasteiger partial charge in [-0.25, -0.2) is 4.79 Å². The molecule has 4 nitrogen and oxygen atoms in total. The summed E-state index contributed by atoms with van der Waals surface area (Å²) in [6, 6.07) is 6.59. The third kappa shape index (κ3) is 2.00. The molecule has 0 bridgehead atoms. The molecule has 0 aliphatic carbocycles. The highest BCUT2D eigenvalue weighted by atomic mass is 16.8. The minimum atomic E-state index is -0.741. The van der Waals surface area contributed by atoms with Gasteiger partial charge in [0.05, 0.1) is 0 Å². The summed E-state index contributed by atoms with van der Waals surface area (Å²) in [5.41, 5.74) is 0.0915. The summed E-state index contributed by atoms with van der Waals surface area (Å²) in [6.45, 7) is 3.51. The summed E-state index contributed by atoms with van der Waals surface area (Å²) in [5, 5.41) is 9.13. The SMILES string of the molecule is CC1(C)OC(=O)O/C1=C\c1ccc(O)cc1. The van der Waals surface area contributed by atoms with Crippen LogP contribution in [0, 0.1) is 0 Å². The standard InChI is InChI=1S/C12H12O4/c1-12(2)10(15-11(14)16-12)7-8-3-5-9(13)6-4-8/h3-7,13H,1-2H3/b10-7-. The lowest BCUT2D eigenvalue weighted by Crippen LogP contribution is -2.20. The summed E-state index contributed by atoms with van der Waals surface area (Å²) in [4.78, 5) is 11.0. The molecule has 0 radical (unpaired) electrons. The van der Waals surface area contributed by atoms with Crippen LogP contribution in [0.2, 0.25) is 0 Å². The monoisotopic (exact) mass is 220 g/mol. The van der Waals surface area contributed by atoms with Crippen LogP contribution in [0.5, 0.6) is 5.75 Å². The summed E-state index contributed by atoms with van der Waals surface area (Å²) < 4.78 is 9.93. The van der Waals surface area contributed by atoms with Crippen molar-refractivity contribution in [2.45, 2.75) is 19.4 Å². The molecule has 4 heteroatoms. The molecule has 0 spiro atoms. The molecule has 1 aromatic rings. The quantitative estimate of drug-likeness (QED) is 0.739. The van der Waals surface area contributed by atoms with Crippen molar-refractivity contribution in [2.24, 2.45) is 0 Å². The molecule has 1 aliphatic rings. The van der Waals surface area contributed by atoms with Gasteiger partial charge in [-0.15, -0.1) is 0 Å². The number of carbonyl (C=O) groups excluding carboxylic acids is 1.